The van der Waals surface area contributed by atoms with E-state index in [4.69, 9.17) is 25.4 Å². The summed E-state index contributed by atoms with van der Waals surface area (Å²) in [6.07, 6.45) is 1.22. The minimum Gasteiger partial charge on any atom is -0.309 e. The first kappa shape index (κ1) is 16.1. The summed E-state index contributed by atoms with van der Waals surface area (Å²) in [5.41, 5.74) is 1.38. The highest BCUT2D eigenvalue weighted by molar-refractivity contribution is 8.07. The zero-order valence-electron chi connectivity index (χ0n) is 12.3. The van der Waals surface area contributed by atoms with Crippen molar-refractivity contribution in [2.75, 3.05) is 13.2 Å². The third-order valence-corrected chi connectivity index (χ3v) is 6.17. The fourth-order valence-corrected chi connectivity index (χ4v) is 4.95. The normalized spacial score (nSPS) is 23.6. The van der Waals surface area contributed by atoms with Crippen molar-refractivity contribution in [1.29, 1.82) is 0 Å². The summed E-state index contributed by atoms with van der Waals surface area (Å²) in [6.45, 7) is 4.38. The molecule has 1 unspecified atom stereocenters. The summed E-state index contributed by atoms with van der Waals surface area (Å²) in [6, 6.07) is 10.6. The molecule has 0 radical (unpaired) electrons. The SMILES string of the molecule is CCOP(=S)(OCC)OC(C)[C@H]1C[C@@H]1c1ccccc1. The van der Waals surface area contributed by atoms with E-state index < -0.39 is 6.72 Å². The molecule has 2 rings (SSSR count). The van der Waals surface area contributed by atoms with Gasteiger partial charge in [-0.15, -0.1) is 0 Å². The van der Waals surface area contributed by atoms with Gasteiger partial charge in [-0.1, -0.05) is 30.3 Å². The molecule has 5 heteroatoms. The molecule has 1 fully saturated rings. The van der Waals surface area contributed by atoms with Crippen LogP contribution in [-0.4, -0.2) is 19.3 Å². The molecular formula is C15H23O3PS. The van der Waals surface area contributed by atoms with E-state index in [9.17, 15) is 0 Å². The number of rotatable bonds is 8. The Morgan fingerprint density at radius 1 is 1.20 bits per heavy atom. The van der Waals surface area contributed by atoms with Gasteiger partial charge in [0.25, 0.3) is 0 Å². The van der Waals surface area contributed by atoms with Crippen LogP contribution in [0, 0.1) is 5.92 Å². The molecule has 1 aliphatic rings. The smallest absolute Gasteiger partial charge is 0.309 e. The third-order valence-electron chi connectivity index (χ3n) is 3.54. The zero-order valence-corrected chi connectivity index (χ0v) is 14.0. The van der Waals surface area contributed by atoms with Crippen LogP contribution in [0.15, 0.2) is 30.3 Å². The number of hydrogen-bond donors (Lipinski definition) is 0. The van der Waals surface area contributed by atoms with Crippen molar-refractivity contribution in [3.05, 3.63) is 35.9 Å². The summed E-state index contributed by atoms with van der Waals surface area (Å²) >= 11 is 5.42. The van der Waals surface area contributed by atoms with Crippen molar-refractivity contribution in [3.8, 4) is 0 Å². The lowest BCUT2D eigenvalue weighted by Crippen LogP contribution is -2.12. The molecule has 0 amide bonds. The summed E-state index contributed by atoms with van der Waals surface area (Å²) < 4.78 is 17.1. The van der Waals surface area contributed by atoms with Crippen molar-refractivity contribution < 1.29 is 13.6 Å². The predicted octanol–water partition coefficient (Wildman–Crippen LogP) is 4.49. The van der Waals surface area contributed by atoms with Crippen molar-refractivity contribution in [2.24, 2.45) is 5.92 Å². The molecule has 0 N–H and O–H groups in total. The molecule has 0 saturated heterocycles. The Morgan fingerprint density at radius 2 is 1.80 bits per heavy atom. The van der Waals surface area contributed by atoms with Gasteiger partial charge in [0.1, 0.15) is 0 Å². The molecule has 1 saturated carbocycles. The second-order valence-corrected chi connectivity index (χ2v) is 7.97. The van der Waals surface area contributed by atoms with Gasteiger partial charge in [0.05, 0.1) is 19.3 Å². The molecule has 1 aromatic carbocycles. The van der Waals surface area contributed by atoms with Crippen LogP contribution >= 0.6 is 6.72 Å². The van der Waals surface area contributed by atoms with E-state index in [0.29, 0.717) is 25.0 Å². The highest BCUT2D eigenvalue weighted by Gasteiger charge is 2.44. The molecule has 0 aromatic heterocycles. The van der Waals surface area contributed by atoms with Gasteiger partial charge in [-0.2, -0.15) is 0 Å². The Hall–Kier alpha value is -0.250. The van der Waals surface area contributed by atoms with Crippen LogP contribution in [0.3, 0.4) is 0 Å². The van der Waals surface area contributed by atoms with E-state index in [1.807, 2.05) is 19.9 Å². The van der Waals surface area contributed by atoms with Crippen LogP contribution in [0.4, 0.5) is 0 Å². The van der Waals surface area contributed by atoms with E-state index in [1.54, 1.807) is 0 Å². The summed E-state index contributed by atoms with van der Waals surface area (Å²) in [4.78, 5) is 0. The van der Waals surface area contributed by atoms with Crippen molar-refractivity contribution in [3.63, 3.8) is 0 Å². The third kappa shape index (κ3) is 4.12. The van der Waals surface area contributed by atoms with Crippen molar-refractivity contribution in [1.82, 2.24) is 0 Å². The summed E-state index contributed by atoms with van der Waals surface area (Å²) in [5.74, 6) is 1.10. The predicted molar refractivity (Wildman–Crippen MR) is 85.4 cm³/mol. The van der Waals surface area contributed by atoms with Gasteiger partial charge in [0, 0.05) is 0 Å². The lowest BCUT2D eigenvalue weighted by atomic mass is 10.1. The topological polar surface area (TPSA) is 27.7 Å². The maximum atomic E-state index is 5.98. The van der Waals surface area contributed by atoms with Crippen LogP contribution in [0.5, 0.6) is 0 Å². The van der Waals surface area contributed by atoms with Gasteiger partial charge in [-0.05, 0) is 56.4 Å². The van der Waals surface area contributed by atoms with Gasteiger partial charge in [0.2, 0.25) is 0 Å². The average Bonchev–Trinajstić information content (AvgIpc) is 3.20. The average molecular weight is 314 g/mol. The molecule has 0 bridgehead atoms. The maximum Gasteiger partial charge on any atom is 0.327 e. The molecule has 0 aliphatic heterocycles. The Bertz CT molecular complexity index is 455. The zero-order chi connectivity index (χ0) is 14.6. The molecule has 0 heterocycles. The Kier molecular flexibility index (Phi) is 5.76. The van der Waals surface area contributed by atoms with Gasteiger partial charge in [-0.3, -0.25) is 0 Å². The van der Waals surface area contributed by atoms with Crippen molar-refractivity contribution in [2.45, 2.75) is 39.2 Å². The lowest BCUT2D eigenvalue weighted by molar-refractivity contribution is 0.117. The van der Waals surface area contributed by atoms with E-state index in [1.165, 1.54) is 5.56 Å². The lowest BCUT2D eigenvalue weighted by Gasteiger charge is -2.24. The Morgan fingerprint density at radius 3 is 2.35 bits per heavy atom. The Labute approximate surface area is 126 Å². The van der Waals surface area contributed by atoms with Gasteiger partial charge >= 0.3 is 6.72 Å². The molecule has 3 nitrogen and oxygen atoms in total. The largest absolute Gasteiger partial charge is 0.327 e. The summed E-state index contributed by atoms with van der Waals surface area (Å²) in [7, 11) is 0. The second kappa shape index (κ2) is 7.15. The van der Waals surface area contributed by atoms with E-state index in [-0.39, 0.29) is 6.10 Å². The summed E-state index contributed by atoms with van der Waals surface area (Å²) in [5, 5.41) is 0. The van der Waals surface area contributed by atoms with Gasteiger partial charge in [0.15, 0.2) is 0 Å². The molecule has 112 valence electrons. The van der Waals surface area contributed by atoms with Crippen LogP contribution in [0.1, 0.15) is 38.7 Å². The van der Waals surface area contributed by atoms with Crippen LogP contribution in [0.25, 0.3) is 0 Å². The van der Waals surface area contributed by atoms with Crippen LogP contribution in [0.2, 0.25) is 0 Å². The van der Waals surface area contributed by atoms with E-state index in [0.717, 1.165) is 6.42 Å². The Balaban J connectivity index is 1.93. The van der Waals surface area contributed by atoms with Crippen LogP contribution < -0.4 is 0 Å². The first-order valence-corrected chi connectivity index (χ1v) is 9.77. The first-order valence-electron chi connectivity index (χ1n) is 7.22. The fourth-order valence-electron chi connectivity index (χ4n) is 2.51. The monoisotopic (exact) mass is 314 g/mol. The van der Waals surface area contributed by atoms with Crippen molar-refractivity contribution >= 4 is 18.5 Å². The molecule has 3 atom stereocenters. The van der Waals surface area contributed by atoms with E-state index >= 15 is 0 Å². The maximum absolute atomic E-state index is 5.98. The molecule has 0 spiro atoms. The molecular weight excluding hydrogens is 291 g/mol. The van der Waals surface area contributed by atoms with E-state index in [2.05, 4.69) is 31.2 Å². The van der Waals surface area contributed by atoms with Gasteiger partial charge < -0.3 is 13.6 Å². The molecule has 1 aliphatic carbocycles. The molecule has 20 heavy (non-hydrogen) atoms. The second-order valence-electron chi connectivity index (χ2n) is 5.01. The molecule has 1 aromatic rings. The standard InChI is InChI=1S/C15H23O3PS/c1-4-16-19(20,17-5-2)18-12(3)14-11-15(14)13-9-7-6-8-10-13/h6-10,12,14-15H,4-5,11H2,1-3H3/t12?,14-,15-/m1/s1. The first-order chi connectivity index (χ1) is 9.59. The number of benzene rings is 1. The highest BCUT2D eigenvalue weighted by Crippen LogP contribution is 2.57. The minimum absolute atomic E-state index is 0.0733. The highest BCUT2D eigenvalue weighted by atomic mass is 32.5. The quantitative estimate of drug-likeness (QED) is 0.661. The minimum atomic E-state index is -2.57. The number of hydrogen-bond acceptors (Lipinski definition) is 4. The van der Waals surface area contributed by atoms with Crippen LogP contribution in [-0.2, 0) is 25.4 Å². The fraction of sp³-hybridized carbons (Fsp3) is 0.600. The van der Waals surface area contributed by atoms with Gasteiger partial charge in [-0.25, -0.2) is 0 Å².